The molecule has 220 valence electrons. The van der Waals surface area contributed by atoms with Gasteiger partial charge in [-0.2, -0.15) is 0 Å². The minimum Gasteiger partial charge on any atom is -0.494 e. The summed E-state index contributed by atoms with van der Waals surface area (Å²) in [6.07, 6.45) is 6.45. The molecular formula is C33H36N8O2. The lowest BCUT2D eigenvalue weighted by Crippen LogP contribution is -2.38. The average molecular weight is 577 g/mol. The number of methoxy groups -OCH3 is 1. The topological polar surface area (TPSA) is 116 Å². The van der Waals surface area contributed by atoms with Crippen LogP contribution >= 0.6 is 0 Å². The van der Waals surface area contributed by atoms with E-state index in [9.17, 15) is 4.79 Å². The van der Waals surface area contributed by atoms with E-state index < -0.39 is 0 Å². The number of hydrogen-bond donors (Lipinski definition) is 2. The number of aryl methyl sites for hydroxylation is 1. The minimum absolute atomic E-state index is 0.0785. The molecule has 0 spiro atoms. The Morgan fingerprint density at radius 1 is 1.09 bits per heavy atom. The molecule has 2 saturated carbocycles. The number of aromatic nitrogens is 5. The van der Waals surface area contributed by atoms with Crippen molar-refractivity contribution in [3.8, 4) is 17.3 Å². The monoisotopic (exact) mass is 576 g/mol. The second kappa shape index (κ2) is 9.72. The Morgan fingerprint density at radius 2 is 1.95 bits per heavy atom. The zero-order valence-electron chi connectivity index (χ0n) is 24.7. The minimum atomic E-state index is 0.0785. The SMILES string of the molecule is COc1cc(C(=O)N2CC3CCC2[C@@H]3C)cc2nc(-c3cc4ccc(Nc5ccc(N)nc5)nc4n3CC3CC3)n(C)c12. The first-order chi connectivity index (χ1) is 20.9. The summed E-state index contributed by atoms with van der Waals surface area (Å²) in [5.74, 6) is 4.58. The number of likely N-dealkylation sites (tertiary alicyclic amines) is 1. The number of nitrogens with two attached hydrogens (primary N) is 1. The summed E-state index contributed by atoms with van der Waals surface area (Å²) in [6.45, 7) is 4.01. The van der Waals surface area contributed by atoms with Gasteiger partial charge in [0.1, 0.15) is 28.5 Å². The highest BCUT2D eigenvalue weighted by molar-refractivity contribution is 6.00. The molecule has 1 aromatic carbocycles. The second-order valence-corrected chi connectivity index (χ2v) is 12.6. The largest absolute Gasteiger partial charge is 0.494 e. The average Bonchev–Trinajstić information content (AvgIpc) is 3.42. The van der Waals surface area contributed by atoms with E-state index in [1.807, 2.05) is 31.3 Å². The molecule has 5 aromatic rings. The number of carbonyl (C=O) groups excluding carboxylic acids is 1. The highest BCUT2D eigenvalue weighted by Crippen LogP contribution is 2.44. The molecule has 2 unspecified atom stereocenters. The summed E-state index contributed by atoms with van der Waals surface area (Å²) in [5.41, 5.74) is 10.8. The Morgan fingerprint density at radius 3 is 2.65 bits per heavy atom. The van der Waals surface area contributed by atoms with Gasteiger partial charge in [0.05, 0.1) is 30.2 Å². The number of nitrogens with zero attached hydrogens (tertiary/aromatic N) is 6. The van der Waals surface area contributed by atoms with E-state index in [-0.39, 0.29) is 5.91 Å². The van der Waals surface area contributed by atoms with Crippen molar-refractivity contribution < 1.29 is 9.53 Å². The van der Waals surface area contributed by atoms with Crippen molar-refractivity contribution in [3.05, 3.63) is 54.2 Å². The van der Waals surface area contributed by atoms with Crippen molar-refractivity contribution in [2.45, 2.75) is 45.2 Å². The van der Waals surface area contributed by atoms with Gasteiger partial charge in [-0.1, -0.05) is 6.92 Å². The summed E-state index contributed by atoms with van der Waals surface area (Å²) in [5, 5.41) is 4.40. The lowest BCUT2D eigenvalue weighted by molar-refractivity contribution is 0.0696. The Bertz CT molecular complexity index is 1890. The van der Waals surface area contributed by atoms with Gasteiger partial charge in [0.15, 0.2) is 5.82 Å². The van der Waals surface area contributed by atoms with Crippen LogP contribution in [0.5, 0.6) is 5.75 Å². The molecule has 3 atom stereocenters. The van der Waals surface area contributed by atoms with E-state index in [1.54, 1.807) is 19.4 Å². The summed E-state index contributed by atoms with van der Waals surface area (Å²) in [4.78, 5) is 30.2. The standard InChI is InChI=1S/C33H36N8O2/c1-18-21-6-9-25(18)41(17-21)33(42)22-12-24-30(27(14-22)43-3)39(2)32(37-24)26-13-20-7-11-29(36-23-8-10-28(34)35-15-23)38-31(20)40(26)16-19-4-5-19/h7-8,10-15,18-19,21,25H,4-6,9,16-17H2,1-3H3,(H2,34,35)(H,36,38)/t18-,21?,25?/m1/s1. The number of amides is 1. The van der Waals surface area contributed by atoms with Crippen LogP contribution in [0.15, 0.2) is 48.7 Å². The molecule has 1 saturated heterocycles. The molecular weight excluding hydrogens is 540 g/mol. The van der Waals surface area contributed by atoms with Gasteiger partial charge in [-0.25, -0.2) is 15.0 Å². The number of rotatable bonds is 7. The van der Waals surface area contributed by atoms with E-state index >= 15 is 0 Å². The van der Waals surface area contributed by atoms with E-state index in [0.29, 0.717) is 40.9 Å². The fourth-order valence-corrected chi connectivity index (χ4v) is 7.28. The second-order valence-electron chi connectivity index (χ2n) is 12.6. The number of carbonyl (C=O) groups is 1. The molecule has 0 radical (unpaired) electrons. The molecule has 43 heavy (non-hydrogen) atoms. The number of hydrogen-bond acceptors (Lipinski definition) is 7. The number of anilines is 3. The maximum Gasteiger partial charge on any atom is 0.254 e. The molecule has 1 aliphatic heterocycles. The normalized spacial score (nSPS) is 21.3. The summed E-state index contributed by atoms with van der Waals surface area (Å²) >= 11 is 0. The Hall–Kier alpha value is -4.60. The summed E-state index contributed by atoms with van der Waals surface area (Å²) < 4.78 is 10.2. The van der Waals surface area contributed by atoms with Crippen LogP contribution in [-0.2, 0) is 13.6 Å². The number of nitrogens with one attached hydrogen (secondary N) is 1. The maximum absolute atomic E-state index is 13.7. The van der Waals surface area contributed by atoms with Crippen LogP contribution in [-0.4, -0.2) is 54.6 Å². The van der Waals surface area contributed by atoms with E-state index in [4.69, 9.17) is 20.4 Å². The van der Waals surface area contributed by atoms with Gasteiger partial charge >= 0.3 is 0 Å². The maximum atomic E-state index is 13.7. The van der Waals surface area contributed by atoms with Crippen LogP contribution in [0.25, 0.3) is 33.6 Å². The van der Waals surface area contributed by atoms with Crippen LogP contribution in [0, 0.1) is 17.8 Å². The van der Waals surface area contributed by atoms with Crippen LogP contribution in [0.3, 0.4) is 0 Å². The van der Waals surface area contributed by atoms with Crippen LogP contribution in [0.2, 0.25) is 0 Å². The van der Waals surface area contributed by atoms with Crippen molar-refractivity contribution in [1.82, 2.24) is 29.0 Å². The number of benzene rings is 1. The number of pyridine rings is 2. The van der Waals surface area contributed by atoms with Gasteiger partial charge in [0, 0.05) is 37.1 Å². The van der Waals surface area contributed by atoms with Gasteiger partial charge in [-0.05, 0) is 85.9 Å². The predicted molar refractivity (Wildman–Crippen MR) is 167 cm³/mol. The van der Waals surface area contributed by atoms with Gasteiger partial charge in [-0.3, -0.25) is 4.79 Å². The fraction of sp³-hybridized carbons (Fsp3) is 0.394. The van der Waals surface area contributed by atoms with Gasteiger partial charge in [-0.15, -0.1) is 0 Å². The first kappa shape index (κ1) is 26.1. The highest BCUT2D eigenvalue weighted by Gasteiger charge is 2.46. The van der Waals surface area contributed by atoms with E-state index in [1.165, 1.54) is 19.3 Å². The zero-order valence-corrected chi connectivity index (χ0v) is 24.7. The molecule has 10 nitrogen and oxygen atoms in total. The molecule has 1 amide bonds. The zero-order chi connectivity index (χ0) is 29.4. The first-order valence-corrected chi connectivity index (χ1v) is 15.2. The first-order valence-electron chi connectivity index (χ1n) is 15.2. The number of nitrogen functional groups attached to an aromatic ring is 1. The molecule has 3 aliphatic rings. The molecule has 3 fully saturated rings. The molecule has 4 aromatic heterocycles. The highest BCUT2D eigenvalue weighted by atomic mass is 16.5. The molecule has 2 bridgehead atoms. The molecule has 5 heterocycles. The molecule has 8 rings (SSSR count). The van der Waals surface area contributed by atoms with Crippen molar-refractivity contribution in [2.75, 3.05) is 24.7 Å². The Balaban J connectivity index is 1.20. The quantitative estimate of drug-likeness (QED) is 0.259. The van der Waals surface area contributed by atoms with Crippen LogP contribution in [0.4, 0.5) is 17.3 Å². The van der Waals surface area contributed by atoms with E-state index in [2.05, 4.69) is 43.4 Å². The lowest BCUT2D eigenvalue weighted by atomic mass is 10.0. The Kier molecular flexibility index (Phi) is 5.89. The lowest BCUT2D eigenvalue weighted by Gasteiger charge is -2.27. The van der Waals surface area contributed by atoms with Crippen molar-refractivity contribution in [2.24, 2.45) is 24.8 Å². The molecule has 2 aliphatic carbocycles. The third-order valence-electron chi connectivity index (χ3n) is 9.85. The number of piperidine rings is 1. The number of ether oxygens (including phenoxy) is 1. The molecule has 3 N–H and O–H groups in total. The third kappa shape index (κ3) is 4.30. The van der Waals surface area contributed by atoms with Crippen LogP contribution in [0.1, 0.15) is 43.0 Å². The number of fused-ring (bicyclic) bond motifs is 4. The molecule has 10 heteroatoms. The smallest absolute Gasteiger partial charge is 0.254 e. The predicted octanol–water partition coefficient (Wildman–Crippen LogP) is 5.60. The fourth-order valence-electron chi connectivity index (χ4n) is 7.28. The van der Waals surface area contributed by atoms with E-state index in [0.717, 1.165) is 64.6 Å². The van der Waals surface area contributed by atoms with Gasteiger partial charge in [0.2, 0.25) is 0 Å². The van der Waals surface area contributed by atoms with Crippen molar-refractivity contribution in [1.29, 1.82) is 0 Å². The van der Waals surface area contributed by atoms with Crippen molar-refractivity contribution >= 4 is 45.3 Å². The Labute approximate surface area is 249 Å². The van der Waals surface area contributed by atoms with Crippen molar-refractivity contribution in [3.63, 3.8) is 0 Å². The van der Waals surface area contributed by atoms with Crippen LogP contribution < -0.4 is 15.8 Å². The number of imidazole rings is 1. The van der Waals surface area contributed by atoms with Gasteiger partial charge < -0.3 is 29.8 Å². The van der Waals surface area contributed by atoms with Gasteiger partial charge in [0.25, 0.3) is 5.91 Å². The summed E-state index contributed by atoms with van der Waals surface area (Å²) in [6, 6.07) is 14.1. The third-order valence-corrected chi connectivity index (χ3v) is 9.85. The summed E-state index contributed by atoms with van der Waals surface area (Å²) in [7, 11) is 3.68.